The first-order chi connectivity index (χ1) is 16.5. The fourth-order valence-corrected chi connectivity index (χ4v) is 5.01. The van der Waals surface area contributed by atoms with E-state index in [0.29, 0.717) is 23.5 Å². The summed E-state index contributed by atoms with van der Waals surface area (Å²) in [6.07, 6.45) is 7.97. The molecule has 1 atom stereocenters. The number of phenolic OH excluding ortho intramolecular Hbond substituents is 1. The number of unbranched alkanes of at least 4 members (excludes halogenated alkanes) is 2. The highest BCUT2D eigenvalue weighted by Gasteiger charge is 2.48. The molecule has 6 heteroatoms. The predicted molar refractivity (Wildman–Crippen MR) is 131 cm³/mol. The Morgan fingerprint density at radius 1 is 1.03 bits per heavy atom. The average Bonchev–Trinajstić information content (AvgIpc) is 3.13. The van der Waals surface area contributed by atoms with Crippen LogP contribution in [-0.4, -0.2) is 39.5 Å². The van der Waals surface area contributed by atoms with E-state index in [-0.39, 0.29) is 23.1 Å². The molecule has 34 heavy (non-hydrogen) atoms. The van der Waals surface area contributed by atoms with Gasteiger partial charge in [0.2, 0.25) is 0 Å². The van der Waals surface area contributed by atoms with E-state index in [9.17, 15) is 19.8 Å². The van der Waals surface area contributed by atoms with Gasteiger partial charge in [0, 0.05) is 11.6 Å². The Morgan fingerprint density at radius 2 is 1.76 bits per heavy atom. The average molecular weight is 464 g/mol. The highest BCUT2D eigenvalue weighted by molar-refractivity contribution is 6.46. The van der Waals surface area contributed by atoms with Gasteiger partial charge in [0.15, 0.2) is 0 Å². The van der Waals surface area contributed by atoms with Crippen molar-refractivity contribution in [2.75, 3.05) is 6.61 Å². The normalized spacial score (nSPS) is 20.6. The molecule has 1 aliphatic heterocycles. The maximum Gasteiger partial charge on any atom is 0.295 e. The number of amides is 1. The van der Waals surface area contributed by atoms with Crippen LogP contribution < -0.4 is 4.74 Å². The second-order valence-electron chi connectivity index (χ2n) is 9.17. The summed E-state index contributed by atoms with van der Waals surface area (Å²) < 4.78 is 5.75. The Hall–Kier alpha value is -3.28. The maximum atomic E-state index is 13.2. The van der Waals surface area contributed by atoms with Crippen LogP contribution in [-0.2, 0) is 9.59 Å². The quantitative estimate of drug-likeness (QED) is 0.226. The lowest BCUT2D eigenvalue weighted by atomic mass is 9.91. The van der Waals surface area contributed by atoms with Gasteiger partial charge in [-0.05, 0) is 61.2 Å². The van der Waals surface area contributed by atoms with E-state index >= 15 is 0 Å². The third-order valence-corrected chi connectivity index (χ3v) is 6.78. The molecule has 1 unspecified atom stereocenters. The summed E-state index contributed by atoms with van der Waals surface area (Å²) in [7, 11) is 0. The van der Waals surface area contributed by atoms with E-state index in [4.69, 9.17) is 4.74 Å². The molecule has 1 amide bonds. The Balaban J connectivity index is 1.70. The first-order valence-electron chi connectivity index (χ1n) is 12.3. The molecule has 2 aromatic carbocycles. The first-order valence-corrected chi connectivity index (χ1v) is 12.3. The van der Waals surface area contributed by atoms with Crippen LogP contribution in [0.1, 0.15) is 75.5 Å². The number of ether oxygens (including phenoxy) is 1. The molecular formula is C28H33NO5. The summed E-state index contributed by atoms with van der Waals surface area (Å²) in [5.74, 6) is -0.729. The number of ketones is 1. The molecule has 1 heterocycles. The molecule has 1 saturated carbocycles. The Morgan fingerprint density at radius 3 is 2.44 bits per heavy atom. The Kier molecular flexibility index (Phi) is 7.56. The second-order valence-corrected chi connectivity index (χ2v) is 9.17. The van der Waals surface area contributed by atoms with Gasteiger partial charge in [0.05, 0.1) is 18.2 Å². The van der Waals surface area contributed by atoms with Crippen LogP contribution in [0.3, 0.4) is 0 Å². The summed E-state index contributed by atoms with van der Waals surface area (Å²) in [6.45, 7) is 2.77. The van der Waals surface area contributed by atoms with Crippen LogP contribution in [0.2, 0.25) is 0 Å². The van der Waals surface area contributed by atoms with Crippen LogP contribution in [0.15, 0.2) is 54.1 Å². The number of aliphatic hydroxyl groups excluding tert-OH is 1. The number of hydrogen-bond donors (Lipinski definition) is 2. The standard InChI is InChI=1S/C28H33NO5/c1-2-3-7-17-34-23-15-13-19(14-16-23)26(31)24-25(20-9-8-12-22(30)18-20)29(28(33)27(24)32)21-10-5-4-6-11-21/h8-9,12-16,18,21,25,30-31H,2-7,10-11,17H2,1H3/b26-24-. The topological polar surface area (TPSA) is 87.1 Å². The Labute approximate surface area is 200 Å². The van der Waals surface area contributed by atoms with E-state index in [0.717, 1.165) is 51.4 Å². The highest BCUT2D eigenvalue weighted by Crippen LogP contribution is 2.43. The lowest BCUT2D eigenvalue weighted by Crippen LogP contribution is -2.40. The van der Waals surface area contributed by atoms with Crippen molar-refractivity contribution in [3.63, 3.8) is 0 Å². The van der Waals surface area contributed by atoms with Gasteiger partial charge in [-0.1, -0.05) is 51.2 Å². The lowest BCUT2D eigenvalue weighted by molar-refractivity contribution is -0.141. The van der Waals surface area contributed by atoms with Crippen molar-refractivity contribution < 1.29 is 24.5 Å². The molecule has 0 bridgehead atoms. The molecule has 1 aliphatic carbocycles. The van der Waals surface area contributed by atoms with E-state index in [2.05, 4.69) is 6.92 Å². The van der Waals surface area contributed by atoms with Crippen LogP contribution >= 0.6 is 0 Å². The van der Waals surface area contributed by atoms with Crippen molar-refractivity contribution in [3.8, 4) is 11.5 Å². The van der Waals surface area contributed by atoms with Crippen LogP contribution in [0.5, 0.6) is 11.5 Å². The number of hydrogen-bond acceptors (Lipinski definition) is 5. The van der Waals surface area contributed by atoms with Crippen LogP contribution in [0, 0.1) is 0 Å². The zero-order valence-corrected chi connectivity index (χ0v) is 19.7. The van der Waals surface area contributed by atoms with Gasteiger partial charge in [-0.15, -0.1) is 0 Å². The summed E-state index contributed by atoms with van der Waals surface area (Å²) in [5, 5.41) is 21.3. The van der Waals surface area contributed by atoms with Gasteiger partial charge >= 0.3 is 0 Å². The summed E-state index contributed by atoms with van der Waals surface area (Å²) in [4.78, 5) is 28.0. The number of benzene rings is 2. The largest absolute Gasteiger partial charge is 0.508 e. The molecule has 2 aliphatic rings. The van der Waals surface area contributed by atoms with Gasteiger partial charge in [-0.3, -0.25) is 9.59 Å². The minimum Gasteiger partial charge on any atom is -0.508 e. The molecule has 2 aromatic rings. The van der Waals surface area contributed by atoms with Crippen molar-refractivity contribution >= 4 is 17.4 Å². The summed E-state index contributed by atoms with van der Waals surface area (Å²) >= 11 is 0. The van der Waals surface area contributed by atoms with Gasteiger partial charge < -0.3 is 19.8 Å². The maximum absolute atomic E-state index is 13.2. The lowest BCUT2D eigenvalue weighted by Gasteiger charge is -2.35. The fourth-order valence-electron chi connectivity index (χ4n) is 5.01. The Bertz CT molecular complexity index is 1050. The number of likely N-dealkylation sites (tertiary alicyclic amines) is 1. The number of carbonyl (C=O) groups is 2. The number of Topliss-reactive ketones (excluding diaryl/α,β-unsaturated/α-hetero) is 1. The monoisotopic (exact) mass is 463 g/mol. The zero-order chi connectivity index (χ0) is 24.1. The first kappa shape index (κ1) is 23.9. The van der Waals surface area contributed by atoms with Crippen molar-refractivity contribution in [1.82, 2.24) is 4.90 Å². The number of aromatic hydroxyl groups is 1. The van der Waals surface area contributed by atoms with Crippen molar-refractivity contribution in [1.29, 1.82) is 0 Å². The van der Waals surface area contributed by atoms with E-state index in [1.807, 2.05) is 0 Å². The molecular weight excluding hydrogens is 430 g/mol. The second kappa shape index (κ2) is 10.8. The molecule has 2 N–H and O–H groups in total. The highest BCUT2D eigenvalue weighted by atomic mass is 16.5. The van der Waals surface area contributed by atoms with E-state index < -0.39 is 17.7 Å². The van der Waals surface area contributed by atoms with Crippen molar-refractivity contribution in [3.05, 3.63) is 65.2 Å². The zero-order valence-electron chi connectivity index (χ0n) is 19.7. The third-order valence-electron chi connectivity index (χ3n) is 6.78. The molecule has 180 valence electrons. The SMILES string of the molecule is CCCCCOc1ccc(/C(O)=C2/C(=O)C(=O)N(C3CCCCC3)C2c2cccc(O)c2)cc1. The van der Waals surface area contributed by atoms with Crippen LogP contribution in [0.4, 0.5) is 0 Å². The molecule has 0 spiro atoms. The molecule has 1 saturated heterocycles. The van der Waals surface area contributed by atoms with Gasteiger partial charge in [0.25, 0.3) is 11.7 Å². The fraction of sp³-hybridized carbons (Fsp3) is 0.429. The molecule has 0 radical (unpaired) electrons. The van der Waals surface area contributed by atoms with Gasteiger partial charge in [-0.2, -0.15) is 0 Å². The predicted octanol–water partition coefficient (Wildman–Crippen LogP) is 5.72. The van der Waals surface area contributed by atoms with Gasteiger partial charge in [0.1, 0.15) is 17.3 Å². The number of phenols is 1. The number of rotatable bonds is 8. The summed E-state index contributed by atoms with van der Waals surface area (Å²) in [6, 6.07) is 12.7. The number of carbonyl (C=O) groups excluding carboxylic acids is 2. The minimum absolute atomic E-state index is 0.0521. The number of aliphatic hydroxyl groups is 1. The van der Waals surface area contributed by atoms with Crippen molar-refractivity contribution in [2.45, 2.75) is 70.4 Å². The molecule has 6 nitrogen and oxygen atoms in total. The number of nitrogens with zero attached hydrogens (tertiary/aromatic N) is 1. The third kappa shape index (κ3) is 4.96. The summed E-state index contributed by atoms with van der Waals surface area (Å²) in [5.41, 5.74) is 1.13. The van der Waals surface area contributed by atoms with E-state index in [1.165, 1.54) is 0 Å². The van der Waals surface area contributed by atoms with Gasteiger partial charge in [-0.25, -0.2) is 0 Å². The minimum atomic E-state index is -0.736. The van der Waals surface area contributed by atoms with E-state index in [1.54, 1.807) is 53.4 Å². The van der Waals surface area contributed by atoms with Crippen molar-refractivity contribution in [2.24, 2.45) is 0 Å². The smallest absolute Gasteiger partial charge is 0.295 e. The molecule has 4 rings (SSSR count). The van der Waals surface area contributed by atoms with Crippen LogP contribution in [0.25, 0.3) is 5.76 Å². The molecule has 2 fully saturated rings. The molecule has 0 aromatic heterocycles.